The standard InChI is InChI=1S/C15H22N2O/c1-15(14(16)18)9-7-13(8-10-15)17-11-12-5-3-2-4-6-12/h2-6,13,17H,7-11H2,1H3,(H2,16,18)/t13-,15-. The van der Waals surface area contributed by atoms with Crippen molar-refractivity contribution in [2.45, 2.75) is 45.2 Å². The molecule has 0 heterocycles. The number of amides is 1. The lowest BCUT2D eigenvalue weighted by Crippen LogP contribution is -2.42. The Morgan fingerprint density at radius 2 is 1.94 bits per heavy atom. The van der Waals surface area contributed by atoms with E-state index in [1.807, 2.05) is 13.0 Å². The van der Waals surface area contributed by atoms with Crippen LogP contribution in [0.5, 0.6) is 0 Å². The van der Waals surface area contributed by atoms with Crippen molar-refractivity contribution in [2.24, 2.45) is 11.1 Å². The second-order valence-corrected chi connectivity index (χ2v) is 5.57. The largest absolute Gasteiger partial charge is 0.369 e. The Kier molecular flexibility index (Phi) is 4.02. The van der Waals surface area contributed by atoms with Crippen LogP contribution in [0, 0.1) is 5.41 Å². The molecule has 0 unspecified atom stereocenters. The van der Waals surface area contributed by atoms with Gasteiger partial charge in [-0.25, -0.2) is 0 Å². The van der Waals surface area contributed by atoms with Crippen LogP contribution in [0.25, 0.3) is 0 Å². The summed E-state index contributed by atoms with van der Waals surface area (Å²) >= 11 is 0. The molecule has 0 aliphatic heterocycles. The summed E-state index contributed by atoms with van der Waals surface area (Å²) in [5, 5.41) is 3.56. The summed E-state index contributed by atoms with van der Waals surface area (Å²) in [5.41, 5.74) is 6.47. The molecule has 1 aromatic carbocycles. The topological polar surface area (TPSA) is 55.1 Å². The fraction of sp³-hybridized carbons (Fsp3) is 0.533. The maximum absolute atomic E-state index is 11.4. The van der Waals surface area contributed by atoms with E-state index in [1.54, 1.807) is 0 Å². The molecule has 18 heavy (non-hydrogen) atoms. The minimum Gasteiger partial charge on any atom is -0.369 e. The predicted molar refractivity (Wildman–Crippen MR) is 72.8 cm³/mol. The van der Waals surface area contributed by atoms with Gasteiger partial charge >= 0.3 is 0 Å². The number of hydrogen-bond donors (Lipinski definition) is 2. The van der Waals surface area contributed by atoms with Crippen LogP contribution in [0.4, 0.5) is 0 Å². The molecule has 1 aliphatic carbocycles. The molecule has 0 atom stereocenters. The Morgan fingerprint density at radius 1 is 1.33 bits per heavy atom. The second kappa shape index (κ2) is 5.53. The number of carbonyl (C=O) groups is 1. The zero-order valence-electron chi connectivity index (χ0n) is 11.0. The number of nitrogens with one attached hydrogen (secondary N) is 1. The molecule has 1 aliphatic rings. The molecule has 3 heteroatoms. The van der Waals surface area contributed by atoms with Crippen LogP contribution in [0.15, 0.2) is 30.3 Å². The highest BCUT2D eigenvalue weighted by molar-refractivity contribution is 5.80. The van der Waals surface area contributed by atoms with Gasteiger partial charge in [0.15, 0.2) is 0 Å². The normalized spacial score (nSPS) is 27.9. The summed E-state index contributed by atoms with van der Waals surface area (Å²) in [7, 11) is 0. The van der Waals surface area contributed by atoms with E-state index in [0.717, 1.165) is 32.2 Å². The van der Waals surface area contributed by atoms with E-state index in [0.29, 0.717) is 6.04 Å². The summed E-state index contributed by atoms with van der Waals surface area (Å²) < 4.78 is 0. The molecule has 1 amide bonds. The highest BCUT2D eigenvalue weighted by atomic mass is 16.1. The molecule has 3 nitrogen and oxygen atoms in total. The molecule has 1 fully saturated rings. The monoisotopic (exact) mass is 246 g/mol. The van der Waals surface area contributed by atoms with E-state index in [1.165, 1.54) is 5.56 Å². The average Bonchev–Trinajstić information content (AvgIpc) is 2.39. The Labute approximate surface area is 109 Å². The van der Waals surface area contributed by atoms with E-state index >= 15 is 0 Å². The second-order valence-electron chi connectivity index (χ2n) is 5.57. The lowest BCUT2D eigenvalue weighted by molar-refractivity contribution is -0.128. The first kappa shape index (κ1) is 13.1. The van der Waals surface area contributed by atoms with Crippen LogP contribution in [0.1, 0.15) is 38.2 Å². The van der Waals surface area contributed by atoms with E-state index in [2.05, 4.69) is 29.6 Å². The number of hydrogen-bond acceptors (Lipinski definition) is 2. The van der Waals surface area contributed by atoms with Crippen molar-refractivity contribution < 1.29 is 4.79 Å². The van der Waals surface area contributed by atoms with E-state index < -0.39 is 0 Å². The first-order valence-electron chi connectivity index (χ1n) is 6.67. The van der Waals surface area contributed by atoms with Gasteiger partial charge in [0.05, 0.1) is 0 Å². The molecule has 0 saturated heterocycles. The zero-order valence-corrected chi connectivity index (χ0v) is 11.0. The fourth-order valence-corrected chi connectivity index (χ4v) is 2.56. The van der Waals surface area contributed by atoms with Crippen molar-refractivity contribution in [3.8, 4) is 0 Å². The Bertz CT molecular complexity index is 394. The number of rotatable bonds is 4. The molecular weight excluding hydrogens is 224 g/mol. The van der Waals surface area contributed by atoms with Crippen LogP contribution < -0.4 is 11.1 Å². The molecule has 0 aromatic heterocycles. The predicted octanol–water partition coefficient (Wildman–Crippen LogP) is 2.21. The van der Waals surface area contributed by atoms with Gasteiger partial charge < -0.3 is 11.1 Å². The quantitative estimate of drug-likeness (QED) is 0.855. The van der Waals surface area contributed by atoms with Crippen LogP contribution in [0.2, 0.25) is 0 Å². The molecule has 0 spiro atoms. The molecule has 2 rings (SSSR count). The zero-order chi connectivity index (χ0) is 13.0. The van der Waals surface area contributed by atoms with Crippen LogP contribution in [-0.2, 0) is 11.3 Å². The molecule has 0 radical (unpaired) electrons. The first-order valence-corrected chi connectivity index (χ1v) is 6.67. The third-order valence-corrected chi connectivity index (χ3v) is 4.12. The lowest BCUT2D eigenvalue weighted by atomic mass is 9.73. The number of primary amides is 1. The van der Waals surface area contributed by atoms with Crippen molar-refractivity contribution in [1.82, 2.24) is 5.32 Å². The summed E-state index contributed by atoms with van der Waals surface area (Å²) in [6, 6.07) is 10.9. The Hall–Kier alpha value is -1.35. The lowest BCUT2D eigenvalue weighted by Gasteiger charge is -2.35. The van der Waals surface area contributed by atoms with Gasteiger partial charge in [-0.05, 0) is 31.2 Å². The molecule has 0 bridgehead atoms. The fourth-order valence-electron chi connectivity index (χ4n) is 2.56. The highest BCUT2D eigenvalue weighted by Crippen LogP contribution is 2.35. The van der Waals surface area contributed by atoms with Crippen molar-refractivity contribution >= 4 is 5.91 Å². The van der Waals surface area contributed by atoms with Gasteiger partial charge in [0.25, 0.3) is 0 Å². The van der Waals surface area contributed by atoms with E-state index in [-0.39, 0.29) is 11.3 Å². The summed E-state index contributed by atoms with van der Waals surface area (Å²) in [5.74, 6) is -0.149. The number of nitrogens with two attached hydrogens (primary N) is 1. The molecular formula is C15H22N2O. The third kappa shape index (κ3) is 3.10. The average molecular weight is 246 g/mol. The van der Waals surface area contributed by atoms with Gasteiger partial charge in [-0.3, -0.25) is 4.79 Å². The smallest absolute Gasteiger partial charge is 0.223 e. The Morgan fingerprint density at radius 3 is 2.50 bits per heavy atom. The van der Waals surface area contributed by atoms with Crippen molar-refractivity contribution in [3.05, 3.63) is 35.9 Å². The number of benzene rings is 1. The van der Waals surface area contributed by atoms with Gasteiger partial charge in [0, 0.05) is 18.0 Å². The summed E-state index contributed by atoms with van der Waals surface area (Å²) in [4.78, 5) is 11.4. The highest BCUT2D eigenvalue weighted by Gasteiger charge is 2.35. The minimum atomic E-state index is -0.287. The SMILES string of the molecule is C[C@]1(C(N)=O)CC[C@H](NCc2ccccc2)CC1. The maximum Gasteiger partial charge on any atom is 0.223 e. The summed E-state index contributed by atoms with van der Waals surface area (Å²) in [6.45, 7) is 2.89. The molecule has 1 saturated carbocycles. The van der Waals surface area contributed by atoms with Gasteiger partial charge in [-0.1, -0.05) is 37.3 Å². The number of carbonyl (C=O) groups excluding carboxylic acids is 1. The van der Waals surface area contributed by atoms with E-state index in [4.69, 9.17) is 5.73 Å². The van der Waals surface area contributed by atoms with Gasteiger partial charge in [0.2, 0.25) is 5.91 Å². The van der Waals surface area contributed by atoms with Crippen molar-refractivity contribution in [3.63, 3.8) is 0 Å². The van der Waals surface area contributed by atoms with Crippen LogP contribution in [0.3, 0.4) is 0 Å². The molecule has 1 aromatic rings. The van der Waals surface area contributed by atoms with Gasteiger partial charge in [-0.2, -0.15) is 0 Å². The minimum absolute atomic E-state index is 0.149. The van der Waals surface area contributed by atoms with Crippen molar-refractivity contribution in [1.29, 1.82) is 0 Å². The van der Waals surface area contributed by atoms with Crippen LogP contribution in [-0.4, -0.2) is 11.9 Å². The summed E-state index contributed by atoms with van der Waals surface area (Å²) in [6.07, 6.45) is 3.86. The maximum atomic E-state index is 11.4. The van der Waals surface area contributed by atoms with Crippen LogP contribution >= 0.6 is 0 Å². The third-order valence-electron chi connectivity index (χ3n) is 4.12. The molecule has 98 valence electrons. The van der Waals surface area contributed by atoms with Gasteiger partial charge in [0.1, 0.15) is 0 Å². The van der Waals surface area contributed by atoms with Crippen molar-refractivity contribution in [2.75, 3.05) is 0 Å². The Balaban J connectivity index is 1.79. The molecule has 3 N–H and O–H groups in total. The van der Waals surface area contributed by atoms with E-state index in [9.17, 15) is 4.79 Å². The van der Waals surface area contributed by atoms with Gasteiger partial charge in [-0.15, -0.1) is 0 Å². The first-order chi connectivity index (χ1) is 8.60.